The average Bonchev–Trinajstić information content (AvgIpc) is 2.29. The van der Waals surface area contributed by atoms with Gasteiger partial charge in [-0.2, -0.15) is 0 Å². The van der Waals surface area contributed by atoms with Crippen LogP contribution in [0, 0.1) is 5.92 Å². The maximum Gasteiger partial charge on any atom is 0.303 e. The maximum atomic E-state index is 10.3. The van der Waals surface area contributed by atoms with Gasteiger partial charge in [-0.15, -0.1) is 0 Å². The minimum absolute atomic E-state index is 0.293. The van der Waals surface area contributed by atoms with Crippen molar-refractivity contribution < 1.29 is 14.6 Å². The van der Waals surface area contributed by atoms with Gasteiger partial charge in [0.15, 0.2) is 0 Å². The number of hydrogen-bond acceptors (Lipinski definition) is 3. The molecule has 0 unspecified atom stereocenters. The van der Waals surface area contributed by atoms with Crippen molar-refractivity contribution in [1.82, 2.24) is 5.32 Å². The zero-order valence-electron chi connectivity index (χ0n) is 9.91. The summed E-state index contributed by atoms with van der Waals surface area (Å²) in [6.45, 7) is 3.83. The third-order valence-electron chi connectivity index (χ3n) is 3.06. The second kappa shape index (κ2) is 8.53. The highest BCUT2D eigenvalue weighted by atomic mass is 16.5. The summed E-state index contributed by atoms with van der Waals surface area (Å²) in [7, 11) is 0. The number of carbonyl (C=O) groups is 1. The lowest BCUT2D eigenvalue weighted by molar-refractivity contribution is -0.137. The van der Waals surface area contributed by atoms with Gasteiger partial charge in [0, 0.05) is 19.6 Å². The Morgan fingerprint density at radius 3 is 2.69 bits per heavy atom. The second-order valence-electron chi connectivity index (χ2n) is 4.45. The molecule has 1 rings (SSSR count). The van der Waals surface area contributed by atoms with Gasteiger partial charge in [0.1, 0.15) is 0 Å². The molecule has 0 saturated carbocycles. The molecule has 0 amide bonds. The van der Waals surface area contributed by atoms with Crippen LogP contribution in [0.4, 0.5) is 0 Å². The van der Waals surface area contributed by atoms with Crippen LogP contribution in [-0.2, 0) is 9.53 Å². The number of ether oxygens (including phenoxy) is 1. The average molecular weight is 229 g/mol. The predicted octanol–water partition coefficient (Wildman–Crippen LogP) is 1.65. The molecule has 1 fully saturated rings. The first-order chi connectivity index (χ1) is 7.79. The Morgan fingerprint density at radius 2 is 2.00 bits per heavy atom. The molecular weight excluding hydrogens is 206 g/mol. The Hall–Kier alpha value is -0.610. The Kier molecular flexibility index (Phi) is 7.17. The molecule has 0 aliphatic carbocycles. The molecular formula is C12H23NO3. The summed E-state index contributed by atoms with van der Waals surface area (Å²) in [5.41, 5.74) is 0. The van der Waals surface area contributed by atoms with E-state index < -0.39 is 5.97 Å². The summed E-state index contributed by atoms with van der Waals surface area (Å²) in [4.78, 5) is 10.3. The molecule has 4 nitrogen and oxygen atoms in total. The fourth-order valence-electron chi connectivity index (χ4n) is 1.99. The number of carboxylic acids is 1. The summed E-state index contributed by atoms with van der Waals surface area (Å²) in [6, 6.07) is 0. The van der Waals surface area contributed by atoms with Crippen LogP contribution in [0.25, 0.3) is 0 Å². The standard InChI is InChI=1S/C12H23NO3/c14-12(15)3-1-2-7-13-8-4-11-5-9-16-10-6-11/h11,13H,1-10H2,(H,14,15). The van der Waals surface area contributed by atoms with Gasteiger partial charge in [0.2, 0.25) is 0 Å². The molecule has 0 spiro atoms. The first kappa shape index (κ1) is 13.5. The largest absolute Gasteiger partial charge is 0.481 e. The molecule has 1 saturated heterocycles. The third kappa shape index (κ3) is 6.80. The minimum Gasteiger partial charge on any atom is -0.481 e. The van der Waals surface area contributed by atoms with Crippen molar-refractivity contribution in [1.29, 1.82) is 0 Å². The summed E-state index contributed by atoms with van der Waals surface area (Å²) in [5.74, 6) is 0.127. The third-order valence-corrected chi connectivity index (χ3v) is 3.06. The van der Waals surface area contributed by atoms with E-state index in [9.17, 15) is 4.79 Å². The van der Waals surface area contributed by atoms with E-state index in [0.717, 1.165) is 45.1 Å². The smallest absolute Gasteiger partial charge is 0.303 e. The molecule has 0 atom stereocenters. The van der Waals surface area contributed by atoms with Gasteiger partial charge >= 0.3 is 5.97 Å². The highest BCUT2D eigenvalue weighted by Gasteiger charge is 2.12. The lowest BCUT2D eigenvalue weighted by Gasteiger charge is -2.21. The first-order valence-electron chi connectivity index (χ1n) is 6.29. The van der Waals surface area contributed by atoms with Crippen LogP contribution in [-0.4, -0.2) is 37.4 Å². The molecule has 0 aromatic rings. The lowest BCUT2D eigenvalue weighted by atomic mass is 9.97. The van der Waals surface area contributed by atoms with Gasteiger partial charge in [-0.25, -0.2) is 0 Å². The SMILES string of the molecule is O=C(O)CCCCNCCC1CCOCC1. The molecule has 0 aromatic heterocycles. The van der Waals surface area contributed by atoms with E-state index in [1.807, 2.05) is 0 Å². The van der Waals surface area contributed by atoms with Gasteiger partial charge in [-0.1, -0.05) is 0 Å². The van der Waals surface area contributed by atoms with Crippen molar-refractivity contribution in [3.63, 3.8) is 0 Å². The van der Waals surface area contributed by atoms with Gasteiger partial charge < -0.3 is 15.2 Å². The van der Waals surface area contributed by atoms with Crippen molar-refractivity contribution in [2.45, 2.75) is 38.5 Å². The van der Waals surface area contributed by atoms with E-state index in [1.165, 1.54) is 19.3 Å². The fourth-order valence-corrected chi connectivity index (χ4v) is 1.99. The highest BCUT2D eigenvalue weighted by molar-refractivity contribution is 5.66. The van der Waals surface area contributed by atoms with Crippen LogP contribution in [0.5, 0.6) is 0 Å². The van der Waals surface area contributed by atoms with Gasteiger partial charge in [0.05, 0.1) is 0 Å². The molecule has 0 aromatic carbocycles. The van der Waals surface area contributed by atoms with Crippen molar-refractivity contribution in [3.8, 4) is 0 Å². The monoisotopic (exact) mass is 229 g/mol. The van der Waals surface area contributed by atoms with Crippen LogP contribution >= 0.6 is 0 Å². The number of carboxylic acid groups (broad SMARTS) is 1. The molecule has 94 valence electrons. The number of rotatable bonds is 8. The highest BCUT2D eigenvalue weighted by Crippen LogP contribution is 2.17. The molecule has 0 radical (unpaired) electrons. The van der Waals surface area contributed by atoms with E-state index in [0.29, 0.717) is 6.42 Å². The molecule has 2 N–H and O–H groups in total. The lowest BCUT2D eigenvalue weighted by Crippen LogP contribution is -2.23. The summed E-state index contributed by atoms with van der Waals surface area (Å²) >= 11 is 0. The molecule has 1 heterocycles. The van der Waals surface area contributed by atoms with E-state index in [4.69, 9.17) is 9.84 Å². The maximum absolute atomic E-state index is 10.3. The second-order valence-corrected chi connectivity index (χ2v) is 4.45. The molecule has 1 aliphatic rings. The van der Waals surface area contributed by atoms with Crippen LogP contribution in [0.3, 0.4) is 0 Å². The van der Waals surface area contributed by atoms with E-state index in [-0.39, 0.29) is 0 Å². The van der Waals surface area contributed by atoms with Crippen molar-refractivity contribution >= 4 is 5.97 Å². The fraction of sp³-hybridized carbons (Fsp3) is 0.917. The van der Waals surface area contributed by atoms with Crippen molar-refractivity contribution in [3.05, 3.63) is 0 Å². The predicted molar refractivity (Wildman–Crippen MR) is 62.5 cm³/mol. The Labute approximate surface area is 97.4 Å². The number of hydrogen-bond donors (Lipinski definition) is 2. The van der Waals surface area contributed by atoms with Gasteiger partial charge in [0.25, 0.3) is 0 Å². The van der Waals surface area contributed by atoms with Crippen LogP contribution < -0.4 is 5.32 Å². The van der Waals surface area contributed by atoms with Crippen LogP contribution in [0.2, 0.25) is 0 Å². The number of aliphatic carboxylic acids is 1. The molecule has 0 bridgehead atoms. The quantitative estimate of drug-likeness (QED) is 0.621. The Balaban J connectivity index is 1.82. The van der Waals surface area contributed by atoms with Gasteiger partial charge in [-0.05, 0) is 51.1 Å². The van der Waals surface area contributed by atoms with E-state index in [1.54, 1.807) is 0 Å². The Bertz CT molecular complexity index is 191. The normalized spacial score (nSPS) is 17.5. The van der Waals surface area contributed by atoms with Crippen LogP contribution in [0.15, 0.2) is 0 Å². The minimum atomic E-state index is -0.692. The summed E-state index contributed by atoms with van der Waals surface area (Å²) in [5, 5.41) is 11.8. The summed E-state index contributed by atoms with van der Waals surface area (Å²) in [6.07, 6.45) is 5.64. The summed E-state index contributed by atoms with van der Waals surface area (Å²) < 4.78 is 5.31. The molecule has 16 heavy (non-hydrogen) atoms. The first-order valence-corrected chi connectivity index (χ1v) is 6.29. The molecule has 4 heteroatoms. The van der Waals surface area contributed by atoms with Gasteiger partial charge in [-0.3, -0.25) is 4.79 Å². The van der Waals surface area contributed by atoms with Crippen molar-refractivity contribution in [2.75, 3.05) is 26.3 Å². The van der Waals surface area contributed by atoms with E-state index in [2.05, 4.69) is 5.32 Å². The Morgan fingerprint density at radius 1 is 1.25 bits per heavy atom. The topological polar surface area (TPSA) is 58.6 Å². The van der Waals surface area contributed by atoms with E-state index >= 15 is 0 Å². The van der Waals surface area contributed by atoms with Crippen molar-refractivity contribution in [2.24, 2.45) is 5.92 Å². The zero-order chi connectivity index (χ0) is 11.6. The van der Waals surface area contributed by atoms with Crippen LogP contribution in [0.1, 0.15) is 38.5 Å². The zero-order valence-corrected chi connectivity index (χ0v) is 9.91. The number of unbranched alkanes of at least 4 members (excludes halogenated alkanes) is 1. The molecule has 1 aliphatic heterocycles. The number of nitrogens with one attached hydrogen (secondary N) is 1.